The molecule has 0 amide bonds. The third-order valence-electron chi connectivity index (χ3n) is 2.40. The van der Waals surface area contributed by atoms with Crippen LogP contribution in [0.1, 0.15) is 19.4 Å². The van der Waals surface area contributed by atoms with Crippen LogP contribution < -0.4 is 4.74 Å². The van der Waals surface area contributed by atoms with E-state index in [0.717, 1.165) is 0 Å². The Morgan fingerprint density at radius 3 is 2.65 bits per heavy atom. The normalized spacial score (nSPS) is 22.6. The number of benzene rings is 1. The molecule has 0 aliphatic carbocycles. The van der Waals surface area contributed by atoms with E-state index in [2.05, 4.69) is 0 Å². The number of hydrogen-bond donors (Lipinski definition) is 1. The van der Waals surface area contributed by atoms with Crippen molar-refractivity contribution in [1.82, 2.24) is 0 Å². The van der Waals surface area contributed by atoms with Gasteiger partial charge in [0, 0.05) is 0 Å². The smallest absolute Gasteiger partial charge is 0.257 e. The minimum absolute atomic E-state index is 0.0443. The largest absolute Gasteiger partial charge is 0.490 e. The second-order valence-electron chi connectivity index (χ2n) is 4.16. The maximum absolute atomic E-state index is 10.4. The van der Waals surface area contributed by atoms with Crippen LogP contribution in [-0.2, 0) is 10.5 Å². The molecule has 0 radical (unpaired) electrons. The first kappa shape index (κ1) is 11.7. The molecule has 1 unspecified atom stereocenters. The van der Waals surface area contributed by atoms with E-state index < -0.39 is 5.79 Å². The topological polar surface area (TPSA) is 38.7 Å². The summed E-state index contributed by atoms with van der Waals surface area (Å²) >= 11 is 0. The zero-order chi connectivity index (χ0) is 12.3. The predicted octanol–water partition coefficient (Wildman–Crippen LogP) is 2.72. The van der Waals surface area contributed by atoms with Crippen molar-refractivity contribution in [2.75, 3.05) is 0 Å². The van der Waals surface area contributed by atoms with Crippen molar-refractivity contribution >= 4 is 0 Å². The van der Waals surface area contributed by atoms with Gasteiger partial charge in [-0.05, 0) is 38.1 Å². The average Bonchev–Trinajstić information content (AvgIpc) is 2.30. The van der Waals surface area contributed by atoms with Gasteiger partial charge in [-0.25, -0.2) is 0 Å². The number of ether oxygens (including phenoxy) is 2. The third-order valence-corrected chi connectivity index (χ3v) is 2.40. The molecule has 0 aromatic heterocycles. The fourth-order valence-electron chi connectivity index (χ4n) is 1.69. The van der Waals surface area contributed by atoms with E-state index in [1.807, 2.05) is 32.0 Å². The molecule has 0 saturated carbocycles. The zero-order valence-electron chi connectivity index (χ0n) is 9.96. The second kappa shape index (κ2) is 4.63. The fraction of sp³-hybridized carbons (Fsp3) is 0.286. The molecule has 1 aromatic carbocycles. The molecule has 3 heteroatoms. The van der Waals surface area contributed by atoms with Gasteiger partial charge >= 0.3 is 0 Å². The Balaban J connectivity index is 2.37. The van der Waals surface area contributed by atoms with Gasteiger partial charge < -0.3 is 14.6 Å². The van der Waals surface area contributed by atoms with E-state index in [1.54, 1.807) is 24.3 Å². The van der Waals surface area contributed by atoms with Crippen LogP contribution in [0.3, 0.4) is 0 Å². The van der Waals surface area contributed by atoms with Crippen LogP contribution in [0.2, 0.25) is 0 Å². The first-order valence-corrected chi connectivity index (χ1v) is 5.62. The number of rotatable bonds is 3. The van der Waals surface area contributed by atoms with Crippen LogP contribution in [0.5, 0.6) is 5.75 Å². The highest BCUT2D eigenvalue weighted by molar-refractivity contribution is 5.40. The van der Waals surface area contributed by atoms with Crippen molar-refractivity contribution in [3.05, 3.63) is 54.3 Å². The van der Waals surface area contributed by atoms with E-state index in [9.17, 15) is 5.11 Å². The van der Waals surface area contributed by atoms with Crippen LogP contribution in [-0.4, -0.2) is 11.2 Å². The molecule has 1 N–H and O–H groups in total. The van der Waals surface area contributed by atoms with Crippen molar-refractivity contribution < 1.29 is 14.6 Å². The zero-order valence-corrected chi connectivity index (χ0v) is 9.96. The molecule has 1 atom stereocenters. The van der Waals surface area contributed by atoms with Gasteiger partial charge in [0.25, 0.3) is 5.79 Å². The first-order valence-electron chi connectivity index (χ1n) is 5.62. The SMILES string of the molecule is CC(C)Oc1ccccc1C1(O)C=CC=CO1. The lowest BCUT2D eigenvalue weighted by molar-refractivity contribution is -0.136. The number of allylic oxidation sites excluding steroid dienone is 2. The molecule has 1 aliphatic heterocycles. The molecule has 2 rings (SSSR count). The summed E-state index contributed by atoms with van der Waals surface area (Å²) in [6, 6.07) is 7.33. The maximum atomic E-state index is 10.4. The minimum Gasteiger partial charge on any atom is -0.490 e. The van der Waals surface area contributed by atoms with Gasteiger partial charge in [-0.3, -0.25) is 0 Å². The van der Waals surface area contributed by atoms with Gasteiger partial charge in [-0.1, -0.05) is 18.2 Å². The molecule has 1 heterocycles. The summed E-state index contributed by atoms with van der Waals surface area (Å²) in [4.78, 5) is 0. The predicted molar refractivity (Wildman–Crippen MR) is 65.5 cm³/mol. The average molecular weight is 232 g/mol. The number of para-hydroxylation sites is 1. The Kier molecular flexibility index (Phi) is 3.20. The molecule has 1 aromatic rings. The van der Waals surface area contributed by atoms with E-state index in [4.69, 9.17) is 9.47 Å². The van der Waals surface area contributed by atoms with Crippen molar-refractivity contribution in [3.8, 4) is 5.75 Å². The third kappa shape index (κ3) is 2.50. The minimum atomic E-state index is -1.44. The molecule has 0 saturated heterocycles. The Hall–Kier alpha value is -1.74. The van der Waals surface area contributed by atoms with E-state index in [0.29, 0.717) is 11.3 Å². The van der Waals surface area contributed by atoms with Crippen LogP contribution in [0, 0.1) is 0 Å². The lowest BCUT2D eigenvalue weighted by atomic mass is 10.0. The second-order valence-corrected chi connectivity index (χ2v) is 4.16. The van der Waals surface area contributed by atoms with Gasteiger partial charge in [0.05, 0.1) is 17.9 Å². The van der Waals surface area contributed by atoms with Crippen LogP contribution in [0.25, 0.3) is 0 Å². The molecule has 0 spiro atoms. The van der Waals surface area contributed by atoms with E-state index in [-0.39, 0.29) is 6.10 Å². The number of aliphatic hydroxyl groups is 1. The highest BCUT2D eigenvalue weighted by atomic mass is 16.6. The summed E-state index contributed by atoms with van der Waals surface area (Å²) in [7, 11) is 0. The van der Waals surface area contributed by atoms with Gasteiger partial charge in [-0.15, -0.1) is 0 Å². The van der Waals surface area contributed by atoms with Crippen LogP contribution >= 0.6 is 0 Å². The van der Waals surface area contributed by atoms with Gasteiger partial charge in [0.15, 0.2) is 0 Å². The Morgan fingerprint density at radius 2 is 2.00 bits per heavy atom. The Labute approximate surface area is 101 Å². The lowest BCUT2D eigenvalue weighted by Crippen LogP contribution is -2.27. The van der Waals surface area contributed by atoms with Gasteiger partial charge in [-0.2, -0.15) is 0 Å². The molecule has 90 valence electrons. The summed E-state index contributed by atoms with van der Waals surface area (Å²) in [6.45, 7) is 3.89. The summed E-state index contributed by atoms with van der Waals surface area (Å²) in [5.74, 6) is -0.815. The standard InChI is InChI=1S/C14H16O3/c1-11(2)17-13-8-4-3-7-12(13)14(15)9-5-6-10-16-14/h3-11,15H,1-2H3. The lowest BCUT2D eigenvalue weighted by Gasteiger charge is -2.28. The molecule has 3 nitrogen and oxygen atoms in total. The fourth-order valence-corrected chi connectivity index (χ4v) is 1.69. The molecular weight excluding hydrogens is 216 g/mol. The van der Waals surface area contributed by atoms with Gasteiger partial charge in [0.1, 0.15) is 5.75 Å². The van der Waals surface area contributed by atoms with Crippen molar-refractivity contribution in [2.24, 2.45) is 0 Å². The molecule has 0 bridgehead atoms. The molecule has 1 aliphatic rings. The van der Waals surface area contributed by atoms with Gasteiger partial charge in [0.2, 0.25) is 0 Å². The quantitative estimate of drug-likeness (QED) is 0.870. The monoisotopic (exact) mass is 232 g/mol. The van der Waals surface area contributed by atoms with Crippen LogP contribution in [0.15, 0.2) is 48.8 Å². The van der Waals surface area contributed by atoms with E-state index in [1.165, 1.54) is 6.26 Å². The van der Waals surface area contributed by atoms with Crippen molar-refractivity contribution in [3.63, 3.8) is 0 Å². The Morgan fingerprint density at radius 1 is 1.24 bits per heavy atom. The summed E-state index contributed by atoms with van der Waals surface area (Å²) < 4.78 is 10.9. The van der Waals surface area contributed by atoms with Crippen LogP contribution in [0.4, 0.5) is 0 Å². The highest BCUT2D eigenvalue weighted by Crippen LogP contribution is 2.34. The van der Waals surface area contributed by atoms with E-state index >= 15 is 0 Å². The maximum Gasteiger partial charge on any atom is 0.257 e. The summed E-state index contributed by atoms with van der Waals surface area (Å²) in [5, 5.41) is 10.4. The molecule has 17 heavy (non-hydrogen) atoms. The molecule has 0 fully saturated rings. The highest BCUT2D eigenvalue weighted by Gasteiger charge is 2.31. The van der Waals surface area contributed by atoms with Crippen molar-refractivity contribution in [1.29, 1.82) is 0 Å². The number of hydrogen-bond acceptors (Lipinski definition) is 3. The summed E-state index contributed by atoms with van der Waals surface area (Å²) in [6.07, 6.45) is 6.57. The molecular formula is C14H16O3. The summed E-state index contributed by atoms with van der Waals surface area (Å²) in [5.41, 5.74) is 0.606. The van der Waals surface area contributed by atoms with Crippen molar-refractivity contribution in [2.45, 2.75) is 25.7 Å². The first-order chi connectivity index (χ1) is 8.12. The Bertz CT molecular complexity index is 449.